The van der Waals surface area contributed by atoms with E-state index in [1.54, 1.807) is 0 Å². The smallest absolute Gasteiger partial charge is 0.318 e. The first-order valence-electron chi connectivity index (χ1n) is 14.5. The molecule has 1 aromatic heterocycles. The van der Waals surface area contributed by atoms with Crippen LogP contribution in [0.5, 0.6) is 6.01 Å². The quantitative estimate of drug-likeness (QED) is 0.618. The molecular formula is C30H37ClN6O. The van der Waals surface area contributed by atoms with Crippen LogP contribution in [0.15, 0.2) is 18.2 Å². The molecule has 5 aliphatic rings. The minimum atomic E-state index is 0.0926. The van der Waals surface area contributed by atoms with Gasteiger partial charge in [-0.15, -0.1) is 0 Å². The Morgan fingerprint density at radius 1 is 1.08 bits per heavy atom. The van der Waals surface area contributed by atoms with E-state index in [9.17, 15) is 5.26 Å². The number of anilines is 1. The van der Waals surface area contributed by atoms with Crippen LogP contribution in [0, 0.1) is 11.3 Å². The average molecular weight is 533 g/mol. The minimum Gasteiger partial charge on any atom is -0.461 e. The Labute approximate surface area is 230 Å². The van der Waals surface area contributed by atoms with E-state index >= 15 is 0 Å². The molecule has 3 saturated heterocycles. The Kier molecular flexibility index (Phi) is 6.26. The molecule has 200 valence electrons. The molecular weight excluding hydrogens is 496 g/mol. The molecule has 3 aliphatic heterocycles. The Morgan fingerprint density at radius 2 is 1.89 bits per heavy atom. The van der Waals surface area contributed by atoms with E-state index in [1.807, 2.05) is 6.07 Å². The maximum Gasteiger partial charge on any atom is 0.318 e. The van der Waals surface area contributed by atoms with Gasteiger partial charge in [-0.25, -0.2) is 0 Å². The maximum absolute atomic E-state index is 9.31. The molecule has 7 nitrogen and oxygen atoms in total. The van der Waals surface area contributed by atoms with Gasteiger partial charge in [0.2, 0.25) is 0 Å². The number of nitrogens with one attached hydrogen (secondary N) is 1. The number of fused-ring (bicyclic) bond motifs is 4. The van der Waals surface area contributed by atoms with Crippen molar-refractivity contribution in [2.24, 2.45) is 0 Å². The first-order valence-corrected chi connectivity index (χ1v) is 14.9. The molecule has 4 heterocycles. The van der Waals surface area contributed by atoms with Crippen molar-refractivity contribution in [1.29, 1.82) is 5.26 Å². The van der Waals surface area contributed by atoms with Crippen molar-refractivity contribution in [3.8, 4) is 12.1 Å². The Morgan fingerprint density at radius 3 is 2.71 bits per heavy atom. The number of benzene rings is 1. The van der Waals surface area contributed by atoms with E-state index in [0.717, 1.165) is 68.3 Å². The summed E-state index contributed by atoms with van der Waals surface area (Å²) in [7, 11) is 0. The van der Waals surface area contributed by atoms with Gasteiger partial charge in [-0.05, 0) is 88.1 Å². The molecule has 2 aliphatic carbocycles. The number of halogens is 1. The summed E-state index contributed by atoms with van der Waals surface area (Å²) in [6, 6.07) is 9.45. The van der Waals surface area contributed by atoms with Crippen LogP contribution in [-0.4, -0.2) is 65.8 Å². The average Bonchev–Trinajstić information content (AvgIpc) is 3.61. The molecule has 1 unspecified atom stereocenters. The van der Waals surface area contributed by atoms with Crippen LogP contribution in [-0.2, 0) is 24.7 Å². The molecule has 0 bridgehead atoms. The second-order valence-corrected chi connectivity index (χ2v) is 12.6. The van der Waals surface area contributed by atoms with Crippen molar-refractivity contribution in [3.63, 3.8) is 0 Å². The molecule has 7 rings (SSSR count). The zero-order valence-electron chi connectivity index (χ0n) is 22.1. The molecule has 3 fully saturated rings. The van der Waals surface area contributed by atoms with E-state index in [0.29, 0.717) is 19.0 Å². The molecule has 0 radical (unpaired) electrons. The van der Waals surface area contributed by atoms with Gasteiger partial charge < -0.3 is 15.0 Å². The third-order valence-corrected chi connectivity index (χ3v) is 10.5. The highest BCUT2D eigenvalue weighted by atomic mass is 35.5. The van der Waals surface area contributed by atoms with Gasteiger partial charge in [0, 0.05) is 41.7 Å². The lowest BCUT2D eigenvalue weighted by Gasteiger charge is -2.39. The molecule has 1 aromatic carbocycles. The highest BCUT2D eigenvalue weighted by Gasteiger charge is 2.46. The monoisotopic (exact) mass is 532 g/mol. The SMILES string of the molecule is N#CC[C@H]1CN(c2nc(OCC34CCCN3CCC4)nc3c2CCC2(CCc4c(Cl)cccc42)C3)CCN1. The molecule has 38 heavy (non-hydrogen) atoms. The van der Waals surface area contributed by atoms with Gasteiger partial charge in [0.1, 0.15) is 12.4 Å². The van der Waals surface area contributed by atoms with E-state index in [4.69, 9.17) is 26.3 Å². The number of hydrogen-bond acceptors (Lipinski definition) is 7. The van der Waals surface area contributed by atoms with Crippen LogP contribution in [0.2, 0.25) is 5.02 Å². The molecule has 0 saturated carbocycles. The lowest BCUT2D eigenvalue weighted by Crippen LogP contribution is -2.51. The van der Waals surface area contributed by atoms with Crippen molar-refractivity contribution in [3.05, 3.63) is 45.6 Å². The normalized spacial score (nSPS) is 27.7. The summed E-state index contributed by atoms with van der Waals surface area (Å²) in [5.41, 5.74) is 5.42. The summed E-state index contributed by atoms with van der Waals surface area (Å²) < 4.78 is 6.53. The van der Waals surface area contributed by atoms with Crippen LogP contribution < -0.4 is 15.0 Å². The van der Waals surface area contributed by atoms with Gasteiger partial charge in [0.25, 0.3) is 0 Å². The van der Waals surface area contributed by atoms with E-state index in [2.05, 4.69) is 33.3 Å². The standard InChI is InChI=1S/C30H37ClN6O/c31-25-5-1-4-24-22(25)6-11-29(24)12-7-23-26(18-29)34-28(38-20-30-9-2-15-37(30)16-3-10-30)35-27(23)36-17-14-33-21(19-36)8-13-32/h1,4-5,21,33H,2-3,6-12,14-20H2/t21-,29?/m0/s1. The highest BCUT2D eigenvalue weighted by Crippen LogP contribution is 2.50. The second kappa shape index (κ2) is 9.66. The van der Waals surface area contributed by atoms with Crippen molar-refractivity contribution >= 4 is 17.4 Å². The first-order chi connectivity index (χ1) is 18.6. The molecule has 0 amide bonds. The Bertz CT molecular complexity index is 1270. The predicted molar refractivity (Wildman–Crippen MR) is 148 cm³/mol. The summed E-state index contributed by atoms with van der Waals surface area (Å²) >= 11 is 6.63. The van der Waals surface area contributed by atoms with Gasteiger partial charge in [0.05, 0.1) is 23.7 Å². The number of piperazine rings is 1. The number of ether oxygens (including phenoxy) is 1. The molecule has 8 heteroatoms. The molecule has 2 aromatic rings. The fourth-order valence-electron chi connectivity index (χ4n) is 8.17. The minimum absolute atomic E-state index is 0.0926. The number of rotatable bonds is 5. The van der Waals surface area contributed by atoms with Gasteiger partial charge in [-0.3, -0.25) is 4.90 Å². The summed E-state index contributed by atoms with van der Waals surface area (Å²) in [5.74, 6) is 1.03. The van der Waals surface area contributed by atoms with Gasteiger partial charge in [-0.2, -0.15) is 15.2 Å². The summed E-state index contributed by atoms with van der Waals surface area (Å²) in [4.78, 5) is 15.2. The zero-order chi connectivity index (χ0) is 25.7. The van der Waals surface area contributed by atoms with Crippen LogP contribution in [0.3, 0.4) is 0 Å². The zero-order valence-corrected chi connectivity index (χ0v) is 22.9. The van der Waals surface area contributed by atoms with Crippen LogP contribution in [0.1, 0.15) is 67.3 Å². The second-order valence-electron chi connectivity index (χ2n) is 12.1. The number of nitrogens with zero attached hydrogens (tertiary/aromatic N) is 5. The van der Waals surface area contributed by atoms with E-state index in [1.165, 1.54) is 55.5 Å². The molecule has 2 atom stereocenters. The molecule has 1 N–H and O–H groups in total. The number of aromatic nitrogens is 2. The van der Waals surface area contributed by atoms with Crippen molar-refractivity contribution in [2.45, 2.75) is 81.2 Å². The summed E-state index contributed by atoms with van der Waals surface area (Å²) in [6.45, 7) is 5.57. The van der Waals surface area contributed by atoms with Crippen LogP contribution >= 0.6 is 11.6 Å². The predicted octanol–water partition coefficient (Wildman–Crippen LogP) is 4.20. The topological polar surface area (TPSA) is 77.3 Å². The highest BCUT2D eigenvalue weighted by molar-refractivity contribution is 6.31. The van der Waals surface area contributed by atoms with Crippen LogP contribution in [0.25, 0.3) is 0 Å². The number of hydrogen-bond donors (Lipinski definition) is 1. The van der Waals surface area contributed by atoms with Crippen LogP contribution in [0.4, 0.5) is 5.82 Å². The fraction of sp³-hybridized carbons (Fsp3) is 0.633. The van der Waals surface area contributed by atoms with Crippen molar-refractivity contribution in [1.82, 2.24) is 20.2 Å². The number of nitriles is 1. The Hall–Kier alpha value is -2.40. The van der Waals surface area contributed by atoms with E-state index in [-0.39, 0.29) is 17.0 Å². The lowest BCUT2D eigenvalue weighted by molar-refractivity contribution is 0.107. The third-order valence-electron chi connectivity index (χ3n) is 10.1. The summed E-state index contributed by atoms with van der Waals surface area (Å²) in [5, 5.41) is 13.7. The maximum atomic E-state index is 9.31. The largest absolute Gasteiger partial charge is 0.461 e. The molecule has 1 spiro atoms. The fourth-order valence-corrected chi connectivity index (χ4v) is 8.44. The van der Waals surface area contributed by atoms with Gasteiger partial charge >= 0.3 is 6.01 Å². The van der Waals surface area contributed by atoms with Gasteiger partial charge in [0.15, 0.2) is 0 Å². The van der Waals surface area contributed by atoms with E-state index < -0.39 is 0 Å². The lowest BCUT2D eigenvalue weighted by atomic mass is 9.69. The van der Waals surface area contributed by atoms with Crippen molar-refractivity contribution in [2.75, 3.05) is 44.2 Å². The summed E-state index contributed by atoms with van der Waals surface area (Å²) in [6.07, 6.45) is 10.6. The Balaban J connectivity index is 1.23. The van der Waals surface area contributed by atoms with Crippen molar-refractivity contribution < 1.29 is 4.74 Å². The first kappa shape index (κ1) is 24.6. The third kappa shape index (κ3) is 4.08. The van der Waals surface area contributed by atoms with Gasteiger partial charge in [-0.1, -0.05) is 23.7 Å².